The van der Waals surface area contributed by atoms with E-state index < -0.39 is 5.60 Å². The maximum atomic E-state index is 10.7. The van der Waals surface area contributed by atoms with Crippen molar-refractivity contribution < 1.29 is 5.11 Å². The Morgan fingerprint density at radius 2 is 1.65 bits per heavy atom. The lowest BCUT2D eigenvalue weighted by atomic mass is 9.85. The summed E-state index contributed by atoms with van der Waals surface area (Å²) in [5, 5.41) is 10.7. The molecule has 1 heteroatoms. The van der Waals surface area contributed by atoms with Crippen LogP contribution >= 0.6 is 0 Å². The third-order valence-electron chi connectivity index (χ3n) is 4.10. The maximum Gasteiger partial charge on any atom is 0.0901 e. The van der Waals surface area contributed by atoms with Gasteiger partial charge in [-0.1, -0.05) is 52.0 Å². The van der Waals surface area contributed by atoms with Crippen molar-refractivity contribution in [3.8, 4) is 0 Å². The van der Waals surface area contributed by atoms with E-state index in [1.165, 1.54) is 5.56 Å². The zero-order valence-corrected chi connectivity index (χ0v) is 11.5. The Hall–Kier alpha value is -0.820. The molecule has 0 aromatic heterocycles. The Morgan fingerprint density at radius 1 is 1.06 bits per heavy atom. The van der Waals surface area contributed by atoms with Crippen LogP contribution in [0.3, 0.4) is 0 Å². The van der Waals surface area contributed by atoms with E-state index in [-0.39, 0.29) is 5.41 Å². The lowest BCUT2D eigenvalue weighted by Crippen LogP contribution is -2.23. The van der Waals surface area contributed by atoms with Crippen molar-refractivity contribution in [2.75, 3.05) is 0 Å². The molecule has 0 bridgehead atoms. The Bertz CT molecular complexity index is 388. The molecule has 1 nitrogen and oxygen atoms in total. The molecule has 94 valence electrons. The standard InChI is InChI=1S/C16H24O/c1-12(2)13-5-7-14(8-6-13)16(17)10-9-15(3,4)11-16/h5-8,12,17H,9-11H2,1-4H3. The fourth-order valence-corrected chi connectivity index (χ4v) is 2.94. The van der Waals surface area contributed by atoms with Crippen LogP contribution in [-0.2, 0) is 5.60 Å². The number of hydrogen-bond donors (Lipinski definition) is 1. The van der Waals surface area contributed by atoms with E-state index in [2.05, 4.69) is 52.0 Å². The van der Waals surface area contributed by atoms with Crippen LogP contribution in [0.1, 0.15) is 64.0 Å². The van der Waals surface area contributed by atoms with Gasteiger partial charge in [0.1, 0.15) is 0 Å². The first-order chi connectivity index (χ1) is 7.82. The van der Waals surface area contributed by atoms with Crippen LogP contribution in [0.2, 0.25) is 0 Å². The zero-order valence-electron chi connectivity index (χ0n) is 11.5. The molecule has 1 aromatic rings. The molecule has 2 rings (SSSR count). The monoisotopic (exact) mass is 232 g/mol. The number of aliphatic hydroxyl groups is 1. The fraction of sp³-hybridized carbons (Fsp3) is 0.625. The third-order valence-corrected chi connectivity index (χ3v) is 4.10. The molecule has 1 saturated carbocycles. The van der Waals surface area contributed by atoms with E-state index in [1.807, 2.05) is 0 Å². The van der Waals surface area contributed by atoms with Crippen LogP contribution in [0.15, 0.2) is 24.3 Å². The molecule has 0 heterocycles. The van der Waals surface area contributed by atoms with Crippen LogP contribution in [0.4, 0.5) is 0 Å². The zero-order chi connectivity index (χ0) is 12.7. The quantitative estimate of drug-likeness (QED) is 0.810. The van der Waals surface area contributed by atoms with Gasteiger partial charge >= 0.3 is 0 Å². The lowest BCUT2D eigenvalue weighted by molar-refractivity contribution is 0.0338. The van der Waals surface area contributed by atoms with Gasteiger partial charge in [0.2, 0.25) is 0 Å². The van der Waals surface area contributed by atoms with E-state index in [1.54, 1.807) is 0 Å². The van der Waals surface area contributed by atoms with Gasteiger partial charge in [-0.05, 0) is 41.7 Å². The van der Waals surface area contributed by atoms with Crippen LogP contribution in [-0.4, -0.2) is 5.11 Å². The Morgan fingerprint density at radius 3 is 2.06 bits per heavy atom. The van der Waals surface area contributed by atoms with Gasteiger partial charge in [-0.25, -0.2) is 0 Å². The normalized spacial score (nSPS) is 27.6. The minimum Gasteiger partial charge on any atom is -0.385 e. The first-order valence-electron chi connectivity index (χ1n) is 6.65. The summed E-state index contributed by atoms with van der Waals surface area (Å²) in [4.78, 5) is 0. The largest absolute Gasteiger partial charge is 0.385 e. The number of benzene rings is 1. The topological polar surface area (TPSA) is 20.2 Å². The summed E-state index contributed by atoms with van der Waals surface area (Å²) in [5.41, 5.74) is 2.10. The minimum atomic E-state index is -0.598. The Labute approximate surface area is 105 Å². The highest BCUT2D eigenvalue weighted by Crippen LogP contribution is 2.48. The van der Waals surface area contributed by atoms with Gasteiger partial charge in [-0.3, -0.25) is 0 Å². The summed E-state index contributed by atoms with van der Waals surface area (Å²) in [6.45, 7) is 8.88. The van der Waals surface area contributed by atoms with Crippen molar-refractivity contribution in [1.82, 2.24) is 0 Å². The highest BCUT2D eigenvalue weighted by molar-refractivity contribution is 5.30. The summed E-state index contributed by atoms with van der Waals surface area (Å²) in [6, 6.07) is 8.53. The van der Waals surface area contributed by atoms with Gasteiger partial charge in [-0.15, -0.1) is 0 Å². The molecule has 1 unspecified atom stereocenters. The fourth-order valence-electron chi connectivity index (χ4n) is 2.94. The van der Waals surface area contributed by atoms with Gasteiger partial charge in [0.25, 0.3) is 0 Å². The van der Waals surface area contributed by atoms with Crippen molar-refractivity contribution in [2.45, 2.75) is 58.5 Å². The van der Waals surface area contributed by atoms with Crippen molar-refractivity contribution in [2.24, 2.45) is 5.41 Å². The van der Waals surface area contributed by atoms with Gasteiger partial charge in [0.15, 0.2) is 0 Å². The van der Waals surface area contributed by atoms with Crippen molar-refractivity contribution in [3.63, 3.8) is 0 Å². The summed E-state index contributed by atoms with van der Waals surface area (Å²) < 4.78 is 0. The SMILES string of the molecule is CC(C)c1ccc(C2(O)CCC(C)(C)C2)cc1. The molecule has 1 aliphatic rings. The number of hydrogen-bond acceptors (Lipinski definition) is 1. The Balaban J connectivity index is 2.23. The van der Waals surface area contributed by atoms with Crippen LogP contribution in [0.5, 0.6) is 0 Å². The molecule has 1 aromatic carbocycles. The second-order valence-electron chi connectivity index (χ2n) is 6.65. The van der Waals surface area contributed by atoms with Gasteiger partial charge in [-0.2, -0.15) is 0 Å². The highest BCUT2D eigenvalue weighted by Gasteiger charge is 2.42. The van der Waals surface area contributed by atoms with Gasteiger partial charge < -0.3 is 5.11 Å². The summed E-state index contributed by atoms with van der Waals surface area (Å²) in [6.07, 6.45) is 2.87. The summed E-state index contributed by atoms with van der Waals surface area (Å²) >= 11 is 0. The Kier molecular flexibility index (Phi) is 3.07. The van der Waals surface area contributed by atoms with E-state index in [0.29, 0.717) is 5.92 Å². The average Bonchev–Trinajstić information content (AvgIpc) is 2.54. The van der Waals surface area contributed by atoms with E-state index in [9.17, 15) is 5.11 Å². The first-order valence-corrected chi connectivity index (χ1v) is 6.65. The van der Waals surface area contributed by atoms with Crippen molar-refractivity contribution in [1.29, 1.82) is 0 Å². The number of rotatable bonds is 2. The van der Waals surface area contributed by atoms with E-state index >= 15 is 0 Å². The predicted octanol–water partition coefficient (Wildman–Crippen LogP) is 4.21. The van der Waals surface area contributed by atoms with Crippen LogP contribution < -0.4 is 0 Å². The third kappa shape index (κ3) is 2.55. The first kappa shape index (κ1) is 12.6. The molecule has 1 fully saturated rings. The molecule has 0 saturated heterocycles. The van der Waals surface area contributed by atoms with E-state index in [0.717, 1.165) is 24.8 Å². The molecule has 17 heavy (non-hydrogen) atoms. The molecule has 0 spiro atoms. The predicted molar refractivity (Wildman–Crippen MR) is 72.1 cm³/mol. The summed E-state index contributed by atoms with van der Waals surface area (Å²) in [7, 11) is 0. The molecule has 0 aliphatic heterocycles. The molecule has 1 N–H and O–H groups in total. The molecular weight excluding hydrogens is 208 g/mol. The second-order valence-corrected chi connectivity index (χ2v) is 6.65. The van der Waals surface area contributed by atoms with E-state index in [4.69, 9.17) is 0 Å². The summed E-state index contributed by atoms with van der Waals surface area (Å²) in [5.74, 6) is 0.554. The molecular formula is C16H24O. The average molecular weight is 232 g/mol. The molecule has 0 radical (unpaired) electrons. The lowest BCUT2D eigenvalue weighted by Gasteiger charge is -2.26. The van der Waals surface area contributed by atoms with Gasteiger partial charge in [0, 0.05) is 0 Å². The van der Waals surface area contributed by atoms with Crippen molar-refractivity contribution >= 4 is 0 Å². The van der Waals surface area contributed by atoms with Crippen molar-refractivity contribution in [3.05, 3.63) is 35.4 Å². The molecule has 0 amide bonds. The minimum absolute atomic E-state index is 0.269. The maximum absolute atomic E-state index is 10.7. The van der Waals surface area contributed by atoms with Crippen LogP contribution in [0, 0.1) is 5.41 Å². The second kappa shape index (κ2) is 4.13. The molecule has 1 aliphatic carbocycles. The smallest absolute Gasteiger partial charge is 0.0901 e. The van der Waals surface area contributed by atoms with Gasteiger partial charge in [0.05, 0.1) is 5.60 Å². The molecule has 1 atom stereocenters. The van der Waals surface area contributed by atoms with Crippen LogP contribution in [0.25, 0.3) is 0 Å². The highest BCUT2D eigenvalue weighted by atomic mass is 16.3.